The van der Waals surface area contributed by atoms with Crippen LogP contribution < -0.4 is 0 Å². The summed E-state index contributed by atoms with van der Waals surface area (Å²) in [6, 6.07) is 0. The molecule has 1 aliphatic heterocycles. The monoisotopic (exact) mass is 304 g/mol. The zero-order chi connectivity index (χ0) is 15.3. The van der Waals surface area contributed by atoms with Gasteiger partial charge in [0, 0.05) is 25.7 Å². The van der Waals surface area contributed by atoms with Crippen LogP contribution in [-0.2, 0) is 23.8 Å². The van der Waals surface area contributed by atoms with E-state index >= 15 is 0 Å². The second-order valence-corrected chi connectivity index (χ2v) is 6.47. The fourth-order valence-corrected chi connectivity index (χ4v) is 3.43. The van der Waals surface area contributed by atoms with Crippen molar-refractivity contribution in [2.45, 2.75) is 52.3 Å². The van der Waals surface area contributed by atoms with Crippen molar-refractivity contribution < 1.29 is 23.8 Å². The molecule has 1 fully saturated rings. The van der Waals surface area contributed by atoms with E-state index in [9.17, 15) is 9.59 Å². The van der Waals surface area contributed by atoms with Gasteiger partial charge in [0.2, 0.25) is 0 Å². The van der Waals surface area contributed by atoms with E-state index in [1.54, 1.807) is 11.8 Å². The summed E-state index contributed by atoms with van der Waals surface area (Å²) >= 11 is 1.68. The Kier molecular flexibility index (Phi) is 6.82. The maximum atomic E-state index is 11.3. The second-order valence-electron chi connectivity index (χ2n) is 5.09. The SMILES string of the molecule is CCS[C@@H]1OC(COC(C)=O)[C@@H](C)[C@H](OC(C)=O)C1C. The maximum absolute atomic E-state index is 11.3. The Morgan fingerprint density at radius 2 is 1.80 bits per heavy atom. The first kappa shape index (κ1) is 17.3. The first-order valence-electron chi connectivity index (χ1n) is 6.94. The van der Waals surface area contributed by atoms with E-state index in [4.69, 9.17) is 14.2 Å². The van der Waals surface area contributed by atoms with E-state index in [0.717, 1.165) is 5.75 Å². The molecule has 0 amide bonds. The molecular weight excluding hydrogens is 280 g/mol. The largest absolute Gasteiger partial charge is 0.463 e. The van der Waals surface area contributed by atoms with Crippen molar-refractivity contribution in [3.8, 4) is 0 Å². The van der Waals surface area contributed by atoms with Crippen LogP contribution in [-0.4, -0.2) is 41.9 Å². The molecule has 5 nitrogen and oxygen atoms in total. The van der Waals surface area contributed by atoms with Gasteiger partial charge in [-0.15, -0.1) is 11.8 Å². The highest BCUT2D eigenvalue weighted by atomic mass is 32.2. The summed E-state index contributed by atoms with van der Waals surface area (Å²) in [4.78, 5) is 22.2. The zero-order valence-electron chi connectivity index (χ0n) is 12.8. The van der Waals surface area contributed by atoms with Gasteiger partial charge in [-0.25, -0.2) is 0 Å². The average Bonchev–Trinajstić information content (AvgIpc) is 2.36. The number of rotatable bonds is 5. The lowest BCUT2D eigenvalue weighted by molar-refractivity contribution is -0.185. The van der Waals surface area contributed by atoms with Crippen LogP contribution in [0.3, 0.4) is 0 Å². The third kappa shape index (κ3) is 4.66. The minimum absolute atomic E-state index is 0.0121. The molecule has 0 aromatic heterocycles. The highest BCUT2D eigenvalue weighted by molar-refractivity contribution is 7.99. The lowest BCUT2D eigenvalue weighted by Gasteiger charge is -2.43. The predicted octanol–water partition coefficient (Wildman–Crippen LogP) is 2.23. The molecule has 0 aromatic rings. The molecule has 2 unspecified atom stereocenters. The number of hydrogen-bond donors (Lipinski definition) is 0. The van der Waals surface area contributed by atoms with Crippen molar-refractivity contribution >= 4 is 23.7 Å². The number of carbonyl (C=O) groups excluding carboxylic acids is 2. The van der Waals surface area contributed by atoms with Crippen molar-refractivity contribution in [3.05, 3.63) is 0 Å². The average molecular weight is 304 g/mol. The van der Waals surface area contributed by atoms with Gasteiger partial charge < -0.3 is 14.2 Å². The Morgan fingerprint density at radius 3 is 2.30 bits per heavy atom. The summed E-state index contributed by atoms with van der Waals surface area (Å²) in [5.74, 6) is 0.385. The molecule has 20 heavy (non-hydrogen) atoms. The quantitative estimate of drug-likeness (QED) is 0.726. The number of hydrogen-bond acceptors (Lipinski definition) is 6. The van der Waals surface area contributed by atoms with Crippen molar-refractivity contribution in [2.24, 2.45) is 11.8 Å². The second kappa shape index (κ2) is 7.88. The third-order valence-electron chi connectivity index (χ3n) is 3.44. The molecule has 1 rings (SSSR count). The summed E-state index contributed by atoms with van der Waals surface area (Å²) in [5, 5.41) is 0. The molecule has 6 heteroatoms. The molecule has 5 atom stereocenters. The van der Waals surface area contributed by atoms with E-state index in [0.29, 0.717) is 0 Å². The van der Waals surface area contributed by atoms with E-state index in [2.05, 4.69) is 6.92 Å². The standard InChI is InChI=1S/C14H24O5S/c1-6-20-14-9(3)13(18-11(5)16)8(2)12(19-14)7-17-10(4)15/h8-9,12-14H,6-7H2,1-5H3/t8-,9?,12?,13+,14+/m1/s1. The molecule has 0 saturated carbocycles. The van der Waals surface area contributed by atoms with Crippen LogP contribution in [0.15, 0.2) is 0 Å². The highest BCUT2D eigenvalue weighted by Gasteiger charge is 2.43. The molecule has 1 heterocycles. The van der Waals surface area contributed by atoms with E-state index in [1.807, 2.05) is 13.8 Å². The third-order valence-corrected chi connectivity index (χ3v) is 4.65. The van der Waals surface area contributed by atoms with Crippen LogP contribution in [0.25, 0.3) is 0 Å². The molecule has 1 aliphatic rings. The fraction of sp³-hybridized carbons (Fsp3) is 0.857. The summed E-state index contributed by atoms with van der Waals surface area (Å²) in [6.45, 7) is 9.03. The lowest BCUT2D eigenvalue weighted by atomic mass is 9.86. The highest BCUT2D eigenvalue weighted by Crippen LogP contribution is 2.37. The molecule has 116 valence electrons. The number of esters is 2. The number of carbonyl (C=O) groups is 2. The predicted molar refractivity (Wildman–Crippen MR) is 77.3 cm³/mol. The fourth-order valence-electron chi connectivity index (χ4n) is 2.42. The van der Waals surface area contributed by atoms with Gasteiger partial charge in [0.25, 0.3) is 0 Å². The van der Waals surface area contributed by atoms with Crippen LogP contribution >= 0.6 is 11.8 Å². The van der Waals surface area contributed by atoms with Crippen LogP contribution in [0.4, 0.5) is 0 Å². The number of ether oxygens (including phenoxy) is 3. The van der Waals surface area contributed by atoms with Gasteiger partial charge in [0.15, 0.2) is 0 Å². The van der Waals surface area contributed by atoms with Gasteiger partial charge >= 0.3 is 11.9 Å². The lowest BCUT2D eigenvalue weighted by Crippen LogP contribution is -2.51. The molecule has 1 saturated heterocycles. The van der Waals surface area contributed by atoms with Crippen LogP contribution in [0.2, 0.25) is 0 Å². The summed E-state index contributed by atoms with van der Waals surface area (Å²) < 4.78 is 16.5. The molecule has 0 aromatic carbocycles. The van der Waals surface area contributed by atoms with Gasteiger partial charge in [-0.1, -0.05) is 20.8 Å². The van der Waals surface area contributed by atoms with E-state index in [1.165, 1.54) is 13.8 Å². The summed E-state index contributed by atoms with van der Waals surface area (Å²) in [6.07, 6.45) is -0.464. The van der Waals surface area contributed by atoms with Crippen molar-refractivity contribution in [1.82, 2.24) is 0 Å². The first-order valence-corrected chi connectivity index (χ1v) is 7.99. The molecule has 0 bridgehead atoms. The minimum atomic E-state index is -0.330. The van der Waals surface area contributed by atoms with Crippen LogP contribution in [0, 0.1) is 11.8 Å². The molecule has 0 spiro atoms. The van der Waals surface area contributed by atoms with Crippen LogP contribution in [0.5, 0.6) is 0 Å². The van der Waals surface area contributed by atoms with E-state index < -0.39 is 0 Å². The number of thioether (sulfide) groups is 1. The topological polar surface area (TPSA) is 61.8 Å². The maximum Gasteiger partial charge on any atom is 0.302 e. The molecule has 0 radical (unpaired) electrons. The van der Waals surface area contributed by atoms with Crippen molar-refractivity contribution in [3.63, 3.8) is 0 Å². The normalized spacial score (nSPS) is 33.5. The Balaban J connectivity index is 2.79. The molecule has 0 aliphatic carbocycles. The van der Waals surface area contributed by atoms with Crippen molar-refractivity contribution in [1.29, 1.82) is 0 Å². The van der Waals surface area contributed by atoms with Gasteiger partial charge in [-0.05, 0) is 5.75 Å². The Bertz CT molecular complexity index is 346. The van der Waals surface area contributed by atoms with E-state index in [-0.39, 0.29) is 48.0 Å². The van der Waals surface area contributed by atoms with Gasteiger partial charge in [-0.3, -0.25) is 9.59 Å². The molecular formula is C14H24O5S. The summed E-state index contributed by atoms with van der Waals surface area (Å²) in [7, 11) is 0. The Labute approximate surface area is 124 Å². The smallest absolute Gasteiger partial charge is 0.302 e. The van der Waals surface area contributed by atoms with Gasteiger partial charge in [0.1, 0.15) is 18.1 Å². The first-order chi connectivity index (χ1) is 9.36. The summed E-state index contributed by atoms with van der Waals surface area (Å²) in [5.41, 5.74) is -0.0545. The zero-order valence-corrected chi connectivity index (χ0v) is 13.6. The van der Waals surface area contributed by atoms with Gasteiger partial charge in [-0.2, -0.15) is 0 Å². The van der Waals surface area contributed by atoms with Crippen LogP contribution in [0.1, 0.15) is 34.6 Å². The minimum Gasteiger partial charge on any atom is -0.463 e. The Morgan fingerprint density at radius 1 is 1.15 bits per heavy atom. The van der Waals surface area contributed by atoms with Crippen molar-refractivity contribution in [2.75, 3.05) is 12.4 Å². The van der Waals surface area contributed by atoms with Gasteiger partial charge in [0.05, 0.1) is 6.10 Å². The Hall–Kier alpha value is -0.750. The molecule has 0 N–H and O–H groups in total.